The molecule has 0 atom stereocenters. The van der Waals surface area contributed by atoms with Gasteiger partial charge in [-0.2, -0.15) is 0 Å². The van der Waals surface area contributed by atoms with Gasteiger partial charge in [-0.3, -0.25) is 4.90 Å². The summed E-state index contributed by atoms with van der Waals surface area (Å²) >= 11 is 0. The fourth-order valence-electron chi connectivity index (χ4n) is 2.56. The van der Waals surface area contributed by atoms with Crippen molar-refractivity contribution in [2.45, 2.75) is 13.3 Å². The maximum absolute atomic E-state index is 12.0. The van der Waals surface area contributed by atoms with Gasteiger partial charge < -0.3 is 14.7 Å². The van der Waals surface area contributed by atoms with Crippen molar-refractivity contribution < 1.29 is 14.6 Å². The number of aliphatic hydroxyl groups excluding tert-OH is 1. The Kier molecular flexibility index (Phi) is 5.95. The number of carbonyl (C=O) groups excluding carboxylic acids is 1. The molecule has 0 radical (unpaired) electrons. The average Bonchev–Trinajstić information content (AvgIpc) is 2.73. The largest absolute Gasteiger partial charge is 0.462 e. The molecule has 1 saturated heterocycles. The first-order valence-corrected chi connectivity index (χ1v) is 7.46. The lowest BCUT2D eigenvalue weighted by molar-refractivity contribution is 0.0526. The molecule has 6 nitrogen and oxygen atoms in total. The average molecular weight is 293 g/mol. The van der Waals surface area contributed by atoms with Crippen LogP contribution in [0.1, 0.15) is 23.7 Å². The summed E-state index contributed by atoms with van der Waals surface area (Å²) < 4.78 is 5.10. The Morgan fingerprint density at radius 1 is 1.38 bits per heavy atom. The van der Waals surface area contributed by atoms with Gasteiger partial charge in [-0.1, -0.05) is 0 Å². The zero-order valence-corrected chi connectivity index (χ0v) is 12.5. The maximum Gasteiger partial charge on any atom is 0.341 e. The third-order valence-corrected chi connectivity index (χ3v) is 3.59. The van der Waals surface area contributed by atoms with Crippen molar-refractivity contribution in [3.63, 3.8) is 0 Å². The van der Waals surface area contributed by atoms with Gasteiger partial charge in [0.05, 0.1) is 13.2 Å². The number of aliphatic hydroxyl groups is 1. The molecule has 1 aliphatic rings. The molecule has 0 saturated carbocycles. The van der Waals surface area contributed by atoms with E-state index in [9.17, 15) is 4.79 Å². The Balaban J connectivity index is 2.12. The van der Waals surface area contributed by atoms with Crippen LogP contribution in [-0.4, -0.2) is 66.9 Å². The first-order valence-electron chi connectivity index (χ1n) is 7.46. The molecule has 0 aromatic carbocycles. The van der Waals surface area contributed by atoms with Gasteiger partial charge in [0.15, 0.2) is 0 Å². The first-order chi connectivity index (χ1) is 10.3. The van der Waals surface area contributed by atoms with Crippen LogP contribution in [0.4, 0.5) is 5.82 Å². The SMILES string of the molecule is CCOC(=O)c1cccnc1N1CCCN(CCO)CC1. The highest BCUT2D eigenvalue weighted by Gasteiger charge is 2.21. The van der Waals surface area contributed by atoms with Crippen molar-refractivity contribution in [1.29, 1.82) is 0 Å². The molecule has 0 aliphatic carbocycles. The molecule has 116 valence electrons. The summed E-state index contributed by atoms with van der Waals surface area (Å²) in [5, 5.41) is 9.04. The molecular weight excluding hydrogens is 270 g/mol. The number of esters is 1. The van der Waals surface area contributed by atoms with Gasteiger partial charge in [0.2, 0.25) is 0 Å². The first kappa shape index (κ1) is 15.7. The lowest BCUT2D eigenvalue weighted by atomic mass is 10.2. The Bertz CT molecular complexity index is 467. The highest BCUT2D eigenvalue weighted by Crippen LogP contribution is 2.20. The topological polar surface area (TPSA) is 65.9 Å². The molecule has 0 bridgehead atoms. The van der Waals surface area contributed by atoms with E-state index in [-0.39, 0.29) is 12.6 Å². The number of rotatable bonds is 5. The number of ether oxygens (including phenoxy) is 1. The highest BCUT2D eigenvalue weighted by molar-refractivity contribution is 5.94. The van der Waals surface area contributed by atoms with Crippen LogP contribution in [0.2, 0.25) is 0 Å². The third kappa shape index (κ3) is 4.15. The van der Waals surface area contributed by atoms with Crippen LogP contribution >= 0.6 is 0 Å². The minimum atomic E-state index is -0.322. The van der Waals surface area contributed by atoms with E-state index >= 15 is 0 Å². The van der Waals surface area contributed by atoms with Crippen LogP contribution in [0, 0.1) is 0 Å². The van der Waals surface area contributed by atoms with Gasteiger partial charge >= 0.3 is 5.97 Å². The van der Waals surface area contributed by atoms with Crippen molar-refractivity contribution in [1.82, 2.24) is 9.88 Å². The van der Waals surface area contributed by atoms with Crippen molar-refractivity contribution >= 4 is 11.8 Å². The van der Waals surface area contributed by atoms with Crippen LogP contribution in [-0.2, 0) is 4.74 Å². The molecule has 21 heavy (non-hydrogen) atoms. The predicted molar refractivity (Wildman–Crippen MR) is 80.5 cm³/mol. The molecule has 0 unspecified atom stereocenters. The van der Waals surface area contributed by atoms with Crippen molar-refractivity contribution in [3.05, 3.63) is 23.9 Å². The lowest BCUT2D eigenvalue weighted by Gasteiger charge is -2.24. The van der Waals surface area contributed by atoms with E-state index in [4.69, 9.17) is 9.84 Å². The molecule has 0 amide bonds. The van der Waals surface area contributed by atoms with Crippen LogP contribution < -0.4 is 4.90 Å². The van der Waals surface area contributed by atoms with Crippen molar-refractivity contribution in [2.75, 3.05) is 50.8 Å². The molecule has 2 rings (SSSR count). The minimum absolute atomic E-state index is 0.178. The van der Waals surface area contributed by atoms with E-state index in [1.54, 1.807) is 25.3 Å². The van der Waals surface area contributed by atoms with E-state index in [1.165, 1.54) is 0 Å². The number of carbonyl (C=O) groups is 1. The summed E-state index contributed by atoms with van der Waals surface area (Å²) in [7, 11) is 0. The summed E-state index contributed by atoms with van der Waals surface area (Å²) in [4.78, 5) is 20.8. The van der Waals surface area contributed by atoms with Crippen LogP contribution in [0.25, 0.3) is 0 Å². The van der Waals surface area contributed by atoms with E-state index in [0.717, 1.165) is 32.6 Å². The van der Waals surface area contributed by atoms with Gasteiger partial charge in [-0.05, 0) is 32.0 Å². The van der Waals surface area contributed by atoms with E-state index in [0.29, 0.717) is 24.5 Å². The lowest BCUT2D eigenvalue weighted by Crippen LogP contribution is -2.33. The van der Waals surface area contributed by atoms with Gasteiger partial charge in [0.1, 0.15) is 11.4 Å². The number of β-amino-alcohol motifs (C(OH)–C–C–N with tert-alkyl or cyclic N) is 1. The fraction of sp³-hybridized carbons (Fsp3) is 0.600. The fourth-order valence-corrected chi connectivity index (χ4v) is 2.56. The molecule has 1 N–H and O–H groups in total. The molecule has 2 heterocycles. The number of hydrogen-bond acceptors (Lipinski definition) is 6. The van der Waals surface area contributed by atoms with E-state index in [1.807, 2.05) is 0 Å². The molecule has 1 aliphatic heterocycles. The summed E-state index contributed by atoms with van der Waals surface area (Å²) in [6, 6.07) is 3.52. The van der Waals surface area contributed by atoms with Gasteiger partial charge in [0.25, 0.3) is 0 Å². The van der Waals surface area contributed by atoms with Gasteiger partial charge in [0, 0.05) is 32.4 Å². The second-order valence-corrected chi connectivity index (χ2v) is 5.00. The summed E-state index contributed by atoms with van der Waals surface area (Å²) in [5.41, 5.74) is 0.523. The third-order valence-electron chi connectivity index (χ3n) is 3.59. The van der Waals surface area contributed by atoms with Crippen molar-refractivity contribution in [2.24, 2.45) is 0 Å². The normalized spacial score (nSPS) is 16.6. The predicted octanol–water partition coefficient (Wildman–Crippen LogP) is 0.763. The summed E-state index contributed by atoms with van der Waals surface area (Å²) in [5.74, 6) is 0.374. The highest BCUT2D eigenvalue weighted by atomic mass is 16.5. The number of anilines is 1. The van der Waals surface area contributed by atoms with Crippen LogP contribution in [0.5, 0.6) is 0 Å². The van der Waals surface area contributed by atoms with Gasteiger partial charge in [-0.15, -0.1) is 0 Å². The quantitative estimate of drug-likeness (QED) is 0.809. The Hall–Kier alpha value is -1.66. The standard InChI is InChI=1S/C15H23N3O3/c1-2-21-15(20)13-5-3-6-16-14(13)18-8-4-7-17(9-10-18)11-12-19/h3,5-6,19H,2,4,7-12H2,1H3. The van der Waals surface area contributed by atoms with Crippen LogP contribution in [0.15, 0.2) is 18.3 Å². The zero-order valence-electron chi connectivity index (χ0n) is 12.5. The summed E-state index contributed by atoms with van der Waals surface area (Å²) in [6.07, 6.45) is 2.69. The molecule has 1 aromatic rings. The van der Waals surface area contributed by atoms with Crippen molar-refractivity contribution in [3.8, 4) is 0 Å². The van der Waals surface area contributed by atoms with E-state index < -0.39 is 0 Å². The van der Waals surface area contributed by atoms with E-state index in [2.05, 4.69) is 14.8 Å². The number of hydrogen-bond donors (Lipinski definition) is 1. The maximum atomic E-state index is 12.0. The Morgan fingerprint density at radius 2 is 2.24 bits per heavy atom. The molecular formula is C15H23N3O3. The minimum Gasteiger partial charge on any atom is -0.462 e. The zero-order chi connectivity index (χ0) is 15.1. The number of pyridine rings is 1. The Morgan fingerprint density at radius 3 is 3.00 bits per heavy atom. The molecule has 1 aromatic heterocycles. The van der Waals surface area contributed by atoms with Crippen LogP contribution in [0.3, 0.4) is 0 Å². The smallest absolute Gasteiger partial charge is 0.341 e. The number of nitrogens with zero attached hydrogens (tertiary/aromatic N) is 3. The van der Waals surface area contributed by atoms with Gasteiger partial charge in [-0.25, -0.2) is 9.78 Å². The Labute approximate surface area is 125 Å². The summed E-state index contributed by atoms with van der Waals surface area (Å²) in [6.45, 7) is 6.50. The second-order valence-electron chi connectivity index (χ2n) is 5.00. The molecule has 0 spiro atoms. The second kappa shape index (κ2) is 7.95. The monoisotopic (exact) mass is 293 g/mol. The molecule has 1 fully saturated rings. The number of aromatic nitrogens is 1. The molecule has 6 heteroatoms.